The van der Waals surface area contributed by atoms with E-state index in [0.717, 1.165) is 17.4 Å². The van der Waals surface area contributed by atoms with Gasteiger partial charge in [0.2, 0.25) is 0 Å². The van der Waals surface area contributed by atoms with Gasteiger partial charge in [-0.05, 0) is 25.0 Å². The van der Waals surface area contributed by atoms with Crippen LogP contribution in [0.2, 0.25) is 0 Å². The second-order valence-electron chi connectivity index (χ2n) is 8.39. The van der Waals surface area contributed by atoms with Crippen LogP contribution in [0, 0.1) is 6.92 Å². The second kappa shape index (κ2) is 5.31. The molecule has 130 valence electrons. The maximum atomic E-state index is 2.48. The molecule has 2 bridgehead atoms. The van der Waals surface area contributed by atoms with Crippen LogP contribution in [0.25, 0.3) is 0 Å². The van der Waals surface area contributed by atoms with Gasteiger partial charge in [0.25, 0.3) is 0 Å². The molecular formula is C25H26N+. The predicted octanol–water partition coefficient (Wildman–Crippen LogP) is 5.52. The van der Waals surface area contributed by atoms with Crippen molar-refractivity contribution in [3.63, 3.8) is 0 Å². The summed E-state index contributed by atoms with van der Waals surface area (Å²) in [6.45, 7) is 5.79. The van der Waals surface area contributed by atoms with Crippen LogP contribution in [-0.4, -0.2) is 11.5 Å². The van der Waals surface area contributed by atoms with E-state index >= 15 is 0 Å². The highest BCUT2D eigenvalue weighted by atomic mass is 15.4. The lowest BCUT2D eigenvalue weighted by Crippen LogP contribution is -2.58. The Balaban J connectivity index is 1.76. The lowest BCUT2D eigenvalue weighted by atomic mass is 9.78. The number of fused-ring (bicyclic) bond motifs is 7. The van der Waals surface area contributed by atoms with Crippen molar-refractivity contribution in [1.82, 2.24) is 0 Å². The normalized spacial score (nSPS) is 28.5. The topological polar surface area (TPSA) is 0 Å². The molecule has 0 radical (unpaired) electrons. The first kappa shape index (κ1) is 15.8. The van der Waals surface area contributed by atoms with Gasteiger partial charge in [0, 0.05) is 28.7 Å². The van der Waals surface area contributed by atoms with Crippen LogP contribution in [0.4, 0.5) is 0 Å². The zero-order valence-corrected chi connectivity index (χ0v) is 15.9. The van der Waals surface area contributed by atoms with Crippen LogP contribution in [0.5, 0.6) is 0 Å². The molecule has 26 heavy (non-hydrogen) atoms. The number of hydrogen-bond acceptors (Lipinski definition) is 0. The molecule has 2 aliphatic rings. The Bertz CT molecular complexity index is 991. The number of hydrogen-bond donors (Lipinski definition) is 0. The molecule has 3 aromatic rings. The van der Waals surface area contributed by atoms with Crippen molar-refractivity contribution >= 4 is 0 Å². The number of likely N-dealkylation sites (N-methyl/N-ethyl adjacent to an activating group) is 1. The molecule has 1 heteroatoms. The van der Waals surface area contributed by atoms with E-state index in [9.17, 15) is 0 Å². The summed E-state index contributed by atoms with van der Waals surface area (Å²) in [5.41, 5.74) is 8.97. The zero-order valence-electron chi connectivity index (χ0n) is 15.9. The molecule has 0 aliphatic carbocycles. The number of rotatable bonds is 2. The number of nitrogens with zero attached hydrogens (tertiary/aromatic N) is 1. The predicted molar refractivity (Wildman–Crippen MR) is 107 cm³/mol. The summed E-state index contributed by atoms with van der Waals surface area (Å²) < 4.78 is 1.04. The average molecular weight is 340 g/mol. The van der Waals surface area contributed by atoms with Gasteiger partial charge in [0.1, 0.15) is 18.1 Å². The minimum absolute atomic E-state index is 0.00160. The highest BCUT2D eigenvalue weighted by molar-refractivity contribution is 5.51. The molecule has 0 fully saturated rings. The van der Waals surface area contributed by atoms with E-state index in [-0.39, 0.29) is 5.54 Å². The summed E-state index contributed by atoms with van der Waals surface area (Å²) in [6, 6.07) is 27.7. The third-order valence-electron chi connectivity index (χ3n) is 7.27. The van der Waals surface area contributed by atoms with E-state index in [1.54, 1.807) is 5.56 Å². The summed E-state index contributed by atoms with van der Waals surface area (Å²) >= 11 is 0. The minimum atomic E-state index is -0.00160. The third kappa shape index (κ3) is 1.84. The van der Waals surface area contributed by atoms with Gasteiger partial charge in [-0.25, -0.2) is 0 Å². The van der Waals surface area contributed by atoms with Crippen molar-refractivity contribution in [3.05, 3.63) is 106 Å². The summed E-state index contributed by atoms with van der Waals surface area (Å²) in [6.07, 6.45) is 1.13. The van der Waals surface area contributed by atoms with E-state index in [2.05, 4.69) is 93.7 Å². The van der Waals surface area contributed by atoms with E-state index in [4.69, 9.17) is 0 Å². The second-order valence-corrected chi connectivity index (χ2v) is 8.39. The van der Waals surface area contributed by atoms with Crippen molar-refractivity contribution in [2.75, 3.05) is 7.05 Å². The molecule has 0 amide bonds. The summed E-state index contributed by atoms with van der Waals surface area (Å²) in [5.74, 6) is 0. The standard InChI is InChI=1S/C25H26N/c1-18-10-4-5-12-20(18)17-26(3)24-16-19-11-6-8-14-22(19)25(26,2)23-15-9-7-13-21(23)24/h4-15,24H,16-17H2,1-3H3/q+1/t24-,25+,26+/m0/s1. The van der Waals surface area contributed by atoms with Crippen molar-refractivity contribution in [2.24, 2.45) is 0 Å². The molecule has 3 aromatic carbocycles. The lowest BCUT2D eigenvalue weighted by Gasteiger charge is -2.52. The van der Waals surface area contributed by atoms with Gasteiger partial charge in [0.05, 0.1) is 7.05 Å². The Labute approximate surface area is 156 Å². The maximum absolute atomic E-state index is 2.48. The molecule has 0 saturated heterocycles. The average Bonchev–Trinajstić information content (AvgIpc) is 2.76. The summed E-state index contributed by atoms with van der Waals surface area (Å²) in [7, 11) is 2.48. The Morgan fingerprint density at radius 2 is 1.54 bits per heavy atom. The number of quaternary nitrogens is 1. The van der Waals surface area contributed by atoms with E-state index < -0.39 is 0 Å². The molecule has 0 aromatic heterocycles. The highest BCUT2D eigenvalue weighted by Crippen LogP contribution is 2.60. The van der Waals surface area contributed by atoms with Crippen molar-refractivity contribution in [1.29, 1.82) is 0 Å². The molecule has 3 atom stereocenters. The Kier molecular flexibility index (Phi) is 3.24. The van der Waals surface area contributed by atoms with E-state index in [0.29, 0.717) is 6.04 Å². The van der Waals surface area contributed by atoms with Crippen molar-refractivity contribution < 1.29 is 4.48 Å². The van der Waals surface area contributed by atoms with E-state index in [1.807, 2.05) is 0 Å². The largest absolute Gasteiger partial charge is 0.304 e. The minimum Gasteiger partial charge on any atom is -0.304 e. The van der Waals surface area contributed by atoms with Gasteiger partial charge >= 0.3 is 0 Å². The Morgan fingerprint density at radius 1 is 0.885 bits per heavy atom. The number of aryl methyl sites for hydroxylation is 1. The van der Waals surface area contributed by atoms with Crippen LogP contribution in [0.15, 0.2) is 72.8 Å². The van der Waals surface area contributed by atoms with Crippen molar-refractivity contribution in [2.45, 2.75) is 38.4 Å². The van der Waals surface area contributed by atoms with Crippen molar-refractivity contribution in [3.8, 4) is 0 Å². The van der Waals surface area contributed by atoms with Crippen LogP contribution in [-0.2, 0) is 18.5 Å². The molecule has 1 nitrogen and oxygen atoms in total. The first-order valence-corrected chi connectivity index (χ1v) is 9.63. The summed E-state index contributed by atoms with van der Waals surface area (Å²) in [5, 5.41) is 0. The molecule has 0 spiro atoms. The van der Waals surface area contributed by atoms with Crippen LogP contribution < -0.4 is 0 Å². The van der Waals surface area contributed by atoms with Crippen LogP contribution >= 0.6 is 0 Å². The number of benzene rings is 3. The molecule has 2 aliphatic heterocycles. The Hall–Kier alpha value is -2.38. The first-order chi connectivity index (χ1) is 12.6. The molecule has 0 unspecified atom stereocenters. The maximum Gasteiger partial charge on any atom is 0.149 e. The van der Waals surface area contributed by atoms with Gasteiger partial charge in [-0.3, -0.25) is 0 Å². The first-order valence-electron chi connectivity index (χ1n) is 9.63. The fourth-order valence-corrected chi connectivity index (χ4v) is 5.65. The molecular weight excluding hydrogens is 314 g/mol. The molecule has 0 saturated carbocycles. The summed E-state index contributed by atoms with van der Waals surface area (Å²) in [4.78, 5) is 0. The monoisotopic (exact) mass is 340 g/mol. The zero-order chi connectivity index (χ0) is 17.9. The lowest BCUT2D eigenvalue weighted by molar-refractivity contribution is -0.993. The van der Waals surface area contributed by atoms with Crippen LogP contribution in [0.3, 0.4) is 0 Å². The molecule has 0 N–H and O–H groups in total. The smallest absolute Gasteiger partial charge is 0.149 e. The van der Waals surface area contributed by atoms with Gasteiger partial charge in [-0.2, -0.15) is 0 Å². The Morgan fingerprint density at radius 3 is 2.35 bits per heavy atom. The van der Waals surface area contributed by atoms with Gasteiger partial charge in [0.15, 0.2) is 0 Å². The quantitative estimate of drug-likeness (QED) is 0.539. The van der Waals surface area contributed by atoms with Gasteiger partial charge in [-0.1, -0.05) is 72.8 Å². The van der Waals surface area contributed by atoms with Crippen LogP contribution in [0.1, 0.15) is 46.3 Å². The molecule has 2 heterocycles. The van der Waals surface area contributed by atoms with E-state index in [1.165, 1.54) is 27.8 Å². The highest BCUT2D eigenvalue weighted by Gasteiger charge is 2.62. The fourth-order valence-electron chi connectivity index (χ4n) is 5.65. The molecule has 5 rings (SSSR count). The SMILES string of the molecule is Cc1ccccc1C[N@+]1(C)[C@H]2Cc3ccccc3[C@]1(C)c1ccccc12. The van der Waals surface area contributed by atoms with Gasteiger partial charge in [-0.15, -0.1) is 0 Å². The third-order valence-corrected chi connectivity index (χ3v) is 7.27. The van der Waals surface area contributed by atoms with Gasteiger partial charge < -0.3 is 4.48 Å². The fraction of sp³-hybridized carbons (Fsp3) is 0.280.